The lowest BCUT2D eigenvalue weighted by Crippen LogP contribution is -2.63. The van der Waals surface area contributed by atoms with Crippen molar-refractivity contribution in [2.45, 2.75) is 63.2 Å². The number of carboxylic acids is 1. The number of amides is 1. The first kappa shape index (κ1) is 22.1. The van der Waals surface area contributed by atoms with Gasteiger partial charge in [-0.2, -0.15) is 0 Å². The fourth-order valence-electron chi connectivity index (χ4n) is 4.91. The number of esters is 1. The molecule has 0 radical (unpaired) electrons. The van der Waals surface area contributed by atoms with Crippen LogP contribution < -0.4 is 5.32 Å². The standard InChI is InChI=1S/C20H27N3O7S/c1-4-29-20(28)12-6-13(30-22-12)11-5-10(7-21-11)31-17-8(2)15-14(9(3)24)18(25)23(15)16(17)19(26)27/h8-11,13-15,21,24H,4-7H2,1-3H3,(H,26,27)/t8-,9-,10+,11+,13?,14-,15-/m1/s1. The maximum Gasteiger partial charge on any atom is 0.356 e. The molecule has 0 aliphatic carbocycles. The van der Waals surface area contributed by atoms with Crippen LogP contribution in [0, 0.1) is 11.8 Å². The molecule has 3 N–H and O–H groups in total. The van der Waals surface area contributed by atoms with Crippen molar-refractivity contribution in [2.75, 3.05) is 13.2 Å². The second-order valence-electron chi connectivity index (χ2n) is 8.37. The summed E-state index contributed by atoms with van der Waals surface area (Å²) in [7, 11) is 0. The summed E-state index contributed by atoms with van der Waals surface area (Å²) in [4.78, 5) is 43.7. The Hall–Kier alpha value is -2.11. The molecule has 0 bridgehead atoms. The summed E-state index contributed by atoms with van der Waals surface area (Å²) < 4.78 is 4.97. The first-order chi connectivity index (χ1) is 14.7. The number of aliphatic hydroxyl groups is 1. The molecule has 0 spiro atoms. The number of nitrogens with zero attached hydrogens (tertiary/aromatic N) is 2. The quantitative estimate of drug-likeness (QED) is 0.367. The van der Waals surface area contributed by atoms with Crippen LogP contribution in [0.15, 0.2) is 15.8 Å². The Morgan fingerprint density at radius 2 is 2.19 bits per heavy atom. The highest BCUT2D eigenvalue weighted by Gasteiger charge is 2.60. The third-order valence-corrected chi connectivity index (χ3v) is 7.89. The third-order valence-electron chi connectivity index (χ3n) is 6.38. The number of ether oxygens (including phenoxy) is 1. The van der Waals surface area contributed by atoms with E-state index in [1.807, 2.05) is 6.92 Å². The first-order valence-corrected chi connectivity index (χ1v) is 11.4. The van der Waals surface area contributed by atoms with Crippen molar-refractivity contribution in [2.24, 2.45) is 17.0 Å². The van der Waals surface area contributed by atoms with Gasteiger partial charge in [0.2, 0.25) is 5.91 Å². The smallest absolute Gasteiger partial charge is 0.356 e. The SMILES string of the molecule is CCOC(=O)C1=NOC([C@@H]2C[C@H](SC3=C(C(=O)O)N4C(=O)[C@H]([C@@H](C)O)[C@H]4[C@H]3C)CN2)C1. The minimum Gasteiger partial charge on any atom is -0.477 e. The van der Waals surface area contributed by atoms with Crippen LogP contribution in [0.2, 0.25) is 0 Å². The minimum atomic E-state index is -1.12. The summed E-state index contributed by atoms with van der Waals surface area (Å²) in [6.07, 6.45) is -0.0164. The lowest BCUT2D eigenvalue weighted by molar-refractivity contribution is -0.163. The van der Waals surface area contributed by atoms with Crippen molar-refractivity contribution in [3.63, 3.8) is 0 Å². The summed E-state index contributed by atoms with van der Waals surface area (Å²) in [6, 6.07) is -0.340. The van der Waals surface area contributed by atoms with Gasteiger partial charge < -0.3 is 30.0 Å². The van der Waals surface area contributed by atoms with E-state index in [4.69, 9.17) is 9.57 Å². The van der Waals surface area contributed by atoms with Crippen molar-refractivity contribution in [3.05, 3.63) is 10.6 Å². The Kier molecular flexibility index (Phi) is 6.01. The zero-order valence-electron chi connectivity index (χ0n) is 17.6. The van der Waals surface area contributed by atoms with Gasteiger partial charge in [0.15, 0.2) is 5.71 Å². The van der Waals surface area contributed by atoms with E-state index in [-0.39, 0.29) is 53.3 Å². The van der Waals surface area contributed by atoms with Gasteiger partial charge in [-0.15, -0.1) is 11.8 Å². The Bertz CT molecular complexity index is 858. The monoisotopic (exact) mass is 453 g/mol. The van der Waals surface area contributed by atoms with Crippen molar-refractivity contribution < 1.29 is 34.2 Å². The molecule has 0 aromatic rings. The molecule has 31 heavy (non-hydrogen) atoms. The van der Waals surface area contributed by atoms with E-state index in [2.05, 4.69) is 10.5 Å². The third kappa shape index (κ3) is 3.72. The molecule has 11 heteroatoms. The number of hydrogen-bond donors (Lipinski definition) is 3. The molecule has 2 saturated heterocycles. The van der Waals surface area contributed by atoms with Gasteiger partial charge >= 0.3 is 11.9 Å². The van der Waals surface area contributed by atoms with Crippen LogP contribution in [-0.4, -0.2) is 81.4 Å². The molecular formula is C20H27N3O7S. The molecule has 4 aliphatic rings. The highest BCUT2D eigenvalue weighted by atomic mass is 32.2. The lowest BCUT2D eigenvalue weighted by atomic mass is 9.79. The van der Waals surface area contributed by atoms with E-state index in [1.54, 1.807) is 13.8 Å². The van der Waals surface area contributed by atoms with Crippen LogP contribution in [0.1, 0.15) is 33.6 Å². The van der Waals surface area contributed by atoms with Crippen molar-refractivity contribution in [1.82, 2.24) is 10.2 Å². The van der Waals surface area contributed by atoms with E-state index >= 15 is 0 Å². The number of aliphatic hydroxyl groups excluding tert-OH is 1. The van der Waals surface area contributed by atoms with Crippen LogP contribution in [0.4, 0.5) is 0 Å². The summed E-state index contributed by atoms with van der Waals surface area (Å²) in [5.41, 5.74) is 0.315. The van der Waals surface area contributed by atoms with E-state index in [0.29, 0.717) is 24.3 Å². The van der Waals surface area contributed by atoms with Crippen molar-refractivity contribution in [1.29, 1.82) is 0 Å². The Morgan fingerprint density at radius 1 is 1.45 bits per heavy atom. The number of aliphatic carboxylic acids is 1. The minimum absolute atomic E-state index is 0.0253. The predicted molar refractivity (Wildman–Crippen MR) is 111 cm³/mol. The predicted octanol–water partition coefficient (Wildman–Crippen LogP) is 0.312. The molecule has 0 aromatic carbocycles. The molecule has 170 valence electrons. The van der Waals surface area contributed by atoms with E-state index < -0.39 is 24.0 Å². The number of β-lactam (4-membered cyclic amide) rings is 1. The molecule has 0 aromatic heterocycles. The van der Waals surface area contributed by atoms with Gasteiger partial charge in [0.05, 0.1) is 24.7 Å². The fourth-order valence-corrected chi connectivity index (χ4v) is 6.40. The van der Waals surface area contributed by atoms with Gasteiger partial charge in [-0.05, 0) is 20.3 Å². The van der Waals surface area contributed by atoms with Crippen molar-refractivity contribution >= 4 is 35.3 Å². The average molecular weight is 454 g/mol. The molecule has 0 saturated carbocycles. The number of fused-ring (bicyclic) bond motifs is 1. The summed E-state index contributed by atoms with van der Waals surface area (Å²) in [5.74, 6) is -2.64. The molecular weight excluding hydrogens is 426 g/mol. The molecule has 10 nitrogen and oxygen atoms in total. The van der Waals surface area contributed by atoms with Gasteiger partial charge in [0.1, 0.15) is 11.8 Å². The fraction of sp³-hybridized carbons (Fsp3) is 0.700. The number of nitrogens with one attached hydrogen (secondary N) is 1. The van der Waals surface area contributed by atoms with Crippen LogP contribution in [0.5, 0.6) is 0 Å². The maximum absolute atomic E-state index is 12.5. The molecule has 1 amide bonds. The number of oxime groups is 1. The Balaban J connectivity index is 1.41. The number of carbonyl (C=O) groups is 3. The normalized spacial score (nSPS) is 35.4. The van der Waals surface area contributed by atoms with Crippen LogP contribution in [0.25, 0.3) is 0 Å². The highest BCUT2D eigenvalue weighted by Crippen LogP contribution is 2.51. The second-order valence-corrected chi connectivity index (χ2v) is 9.71. The van der Waals surface area contributed by atoms with Gasteiger partial charge in [-0.25, -0.2) is 9.59 Å². The Morgan fingerprint density at radius 3 is 2.84 bits per heavy atom. The van der Waals surface area contributed by atoms with Gasteiger partial charge in [-0.3, -0.25) is 4.79 Å². The maximum atomic E-state index is 12.5. The second kappa shape index (κ2) is 8.44. The lowest BCUT2D eigenvalue weighted by Gasteiger charge is -2.46. The van der Waals surface area contributed by atoms with Crippen LogP contribution >= 0.6 is 11.8 Å². The zero-order chi connectivity index (χ0) is 22.4. The van der Waals surface area contributed by atoms with E-state index in [1.165, 1.54) is 16.7 Å². The number of carboxylic acid groups (broad SMARTS) is 1. The van der Waals surface area contributed by atoms with Gasteiger partial charge in [0, 0.05) is 35.1 Å². The number of rotatable bonds is 7. The summed E-state index contributed by atoms with van der Waals surface area (Å²) in [5, 5.41) is 27.1. The highest BCUT2D eigenvalue weighted by molar-refractivity contribution is 8.03. The van der Waals surface area contributed by atoms with Gasteiger partial charge in [0.25, 0.3) is 0 Å². The summed E-state index contributed by atoms with van der Waals surface area (Å²) in [6.45, 7) is 6.13. The van der Waals surface area contributed by atoms with E-state index in [9.17, 15) is 24.6 Å². The molecule has 4 heterocycles. The molecule has 2 fully saturated rings. The van der Waals surface area contributed by atoms with Crippen LogP contribution in [-0.2, 0) is 24.0 Å². The van der Waals surface area contributed by atoms with Crippen LogP contribution in [0.3, 0.4) is 0 Å². The van der Waals surface area contributed by atoms with Gasteiger partial charge in [-0.1, -0.05) is 12.1 Å². The number of hydrogen-bond acceptors (Lipinski definition) is 9. The number of carbonyl (C=O) groups excluding carboxylic acids is 2. The topological polar surface area (TPSA) is 138 Å². The largest absolute Gasteiger partial charge is 0.477 e. The molecule has 7 atom stereocenters. The first-order valence-electron chi connectivity index (χ1n) is 10.5. The average Bonchev–Trinajstić information content (AvgIpc) is 3.40. The number of thioether (sulfide) groups is 1. The Labute approximate surface area is 184 Å². The molecule has 1 unspecified atom stereocenters. The zero-order valence-corrected chi connectivity index (χ0v) is 18.4. The van der Waals surface area contributed by atoms with Crippen molar-refractivity contribution in [3.8, 4) is 0 Å². The molecule has 4 aliphatic heterocycles. The van der Waals surface area contributed by atoms with E-state index in [0.717, 1.165) is 0 Å². The molecule has 4 rings (SSSR count). The summed E-state index contributed by atoms with van der Waals surface area (Å²) >= 11 is 1.48.